The van der Waals surface area contributed by atoms with E-state index >= 15 is 0 Å². The van der Waals surface area contributed by atoms with Gasteiger partial charge in [0.2, 0.25) is 5.91 Å². The molecular weight excluding hydrogens is 264 g/mol. The second-order valence-corrected chi connectivity index (χ2v) is 5.45. The quantitative estimate of drug-likeness (QED) is 0.613. The highest BCUT2D eigenvalue weighted by Gasteiger charge is 2.41. The van der Waals surface area contributed by atoms with Crippen LogP contribution in [0, 0.1) is 11.3 Å². The summed E-state index contributed by atoms with van der Waals surface area (Å²) in [6.07, 6.45) is 0.860. The van der Waals surface area contributed by atoms with E-state index in [1.807, 2.05) is 0 Å². The van der Waals surface area contributed by atoms with Gasteiger partial charge in [-0.1, -0.05) is 0 Å². The molecular formula is C13H22N2O5. The third kappa shape index (κ3) is 3.11. The van der Waals surface area contributed by atoms with Crippen molar-refractivity contribution in [1.29, 1.82) is 0 Å². The Hall–Kier alpha value is -1.18. The molecule has 20 heavy (non-hydrogen) atoms. The molecule has 2 aliphatic rings. The maximum atomic E-state index is 12.2. The van der Waals surface area contributed by atoms with Crippen LogP contribution in [-0.2, 0) is 19.1 Å². The Kier molecular flexibility index (Phi) is 4.95. The molecule has 0 saturated carbocycles. The average Bonchev–Trinajstić information content (AvgIpc) is 2.94. The first-order valence-electron chi connectivity index (χ1n) is 6.93. The Bertz CT molecular complexity index is 368. The first-order valence-corrected chi connectivity index (χ1v) is 6.93. The SMILES string of the molecule is CNC1COCC1C(=O)NCC1(C(=O)O)CCOCC1. The maximum Gasteiger partial charge on any atom is 0.311 e. The van der Waals surface area contributed by atoms with Crippen LogP contribution in [0.4, 0.5) is 0 Å². The van der Waals surface area contributed by atoms with Crippen molar-refractivity contribution in [2.45, 2.75) is 18.9 Å². The summed E-state index contributed by atoms with van der Waals surface area (Å²) in [5.41, 5.74) is -0.900. The third-order valence-electron chi connectivity index (χ3n) is 4.29. The van der Waals surface area contributed by atoms with Gasteiger partial charge in [0.1, 0.15) is 0 Å². The predicted molar refractivity (Wildman–Crippen MR) is 70.3 cm³/mol. The normalized spacial score (nSPS) is 29.1. The van der Waals surface area contributed by atoms with E-state index in [1.54, 1.807) is 7.05 Å². The van der Waals surface area contributed by atoms with Gasteiger partial charge in [-0.05, 0) is 19.9 Å². The van der Waals surface area contributed by atoms with Gasteiger partial charge in [-0.2, -0.15) is 0 Å². The van der Waals surface area contributed by atoms with Crippen molar-refractivity contribution in [2.24, 2.45) is 11.3 Å². The lowest BCUT2D eigenvalue weighted by Crippen LogP contribution is -2.50. The van der Waals surface area contributed by atoms with Gasteiger partial charge in [0.25, 0.3) is 0 Å². The van der Waals surface area contributed by atoms with Gasteiger partial charge in [0.05, 0.1) is 24.5 Å². The van der Waals surface area contributed by atoms with Crippen molar-refractivity contribution in [3.8, 4) is 0 Å². The zero-order chi connectivity index (χ0) is 14.6. The lowest BCUT2D eigenvalue weighted by Gasteiger charge is -2.33. The summed E-state index contributed by atoms with van der Waals surface area (Å²) in [5, 5.41) is 15.2. The van der Waals surface area contributed by atoms with E-state index in [0.29, 0.717) is 39.3 Å². The Balaban J connectivity index is 1.92. The van der Waals surface area contributed by atoms with Crippen LogP contribution >= 0.6 is 0 Å². The fourth-order valence-corrected chi connectivity index (χ4v) is 2.71. The summed E-state index contributed by atoms with van der Waals surface area (Å²) < 4.78 is 10.5. The summed E-state index contributed by atoms with van der Waals surface area (Å²) in [6.45, 7) is 1.88. The summed E-state index contributed by atoms with van der Waals surface area (Å²) >= 11 is 0. The van der Waals surface area contributed by atoms with E-state index in [-0.39, 0.29) is 24.4 Å². The zero-order valence-corrected chi connectivity index (χ0v) is 11.7. The molecule has 7 heteroatoms. The molecule has 3 N–H and O–H groups in total. The lowest BCUT2D eigenvalue weighted by molar-refractivity contribution is -0.154. The number of ether oxygens (including phenoxy) is 2. The molecule has 2 unspecified atom stereocenters. The maximum absolute atomic E-state index is 12.2. The molecule has 0 bridgehead atoms. The minimum absolute atomic E-state index is 0.00883. The van der Waals surface area contributed by atoms with Crippen LogP contribution in [0.2, 0.25) is 0 Å². The standard InChI is InChI=1S/C13H22N2O5/c1-14-10-7-20-6-9(10)11(16)15-8-13(12(17)18)2-4-19-5-3-13/h9-10,14H,2-8H2,1H3,(H,15,16)(H,17,18). The molecule has 0 radical (unpaired) electrons. The van der Waals surface area contributed by atoms with Gasteiger partial charge in [-0.25, -0.2) is 0 Å². The topological polar surface area (TPSA) is 96.9 Å². The monoisotopic (exact) mass is 286 g/mol. The molecule has 0 spiro atoms. The molecule has 2 saturated heterocycles. The fourth-order valence-electron chi connectivity index (χ4n) is 2.71. The van der Waals surface area contributed by atoms with Crippen LogP contribution in [0.15, 0.2) is 0 Å². The Morgan fingerprint density at radius 3 is 2.55 bits per heavy atom. The summed E-state index contributed by atoms with van der Waals surface area (Å²) in [7, 11) is 1.79. The largest absolute Gasteiger partial charge is 0.481 e. The second-order valence-electron chi connectivity index (χ2n) is 5.45. The van der Waals surface area contributed by atoms with Gasteiger partial charge in [0.15, 0.2) is 0 Å². The van der Waals surface area contributed by atoms with E-state index in [1.165, 1.54) is 0 Å². The first kappa shape index (κ1) is 15.2. The molecule has 2 fully saturated rings. The van der Waals surface area contributed by atoms with Gasteiger partial charge in [0, 0.05) is 25.8 Å². The number of rotatable bonds is 5. The Morgan fingerprint density at radius 2 is 1.95 bits per heavy atom. The van der Waals surface area contributed by atoms with Gasteiger partial charge < -0.3 is 25.2 Å². The highest BCUT2D eigenvalue weighted by molar-refractivity contribution is 5.81. The summed E-state index contributed by atoms with van der Waals surface area (Å²) in [4.78, 5) is 23.7. The molecule has 2 rings (SSSR count). The zero-order valence-electron chi connectivity index (χ0n) is 11.7. The Morgan fingerprint density at radius 1 is 1.25 bits per heavy atom. The van der Waals surface area contributed by atoms with Crippen molar-refractivity contribution < 1.29 is 24.2 Å². The predicted octanol–water partition coefficient (Wildman–Crippen LogP) is -0.782. The summed E-state index contributed by atoms with van der Waals surface area (Å²) in [5.74, 6) is -1.27. The molecule has 0 aromatic rings. The van der Waals surface area contributed by atoms with Crippen molar-refractivity contribution in [3.05, 3.63) is 0 Å². The van der Waals surface area contributed by atoms with E-state index in [4.69, 9.17) is 9.47 Å². The molecule has 7 nitrogen and oxygen atoms in total. The van der Waals surface area contributed by atoms with E-state index in [9.17, 15) is 14.7 Å². The van der Waals surface area contributed by atoms with Crippen molar-refractivity contribution >= 4 is 11.9 Å². The van der Waals surface area contributed by atoms with Crippen LogP contribution < -0.4 is 10.6 Å². The number of carboxylic acids is 1. The molecule has 0 aromatic heterocycles. The molecule has 114 valence electrons. The molecule has 1 amide bonds. The highest BCUT2D eigenvalue weighted by Crippen LogP contribution is 2.30. The van der Waals surface area contributed by atoms with Crippen LogP contribution in [0.1, 0.15) is 12.8 Å². The number of carbonyl (C=O) groups excluding carboxylic acids is 1. The number of hydrogen-bond donors (Lipinski definition) is 3. The highest BCUT2D eigenvalue weighted by atomic mass is 16.5. The number of aliphatic carboxylic acids is 1. The van der Waals surface area contributed by atoms with E-state index in [0.717, 1.165) is 0 Å². The molecule has 2 atom stereocenters. The number of amides is 1. The van der Waals surface area contributed by atoms with Crippen LogP contribution in [0.25, 0.3) is 0 Å². The molecule has 0 aliphatic carbocycles. The van der Waals surface area contributed by atoms with Crippen LogP contribution in [0.5, 0.6) is 0 Å². The Labute approximate surface area is 118 Å². The lowest BCUT2D eigenvalue weighted by atomic mass is 9.80. The van der Waals surface area contributed by atoms with Gasteiger partial charge in [-0.15, -0.1) is 0 Å². The number of nitrogens with one attached hydrogen (secondary N) is 2. The number of carbonyl (C=O) groups is 2. The average molecular weight is 286 g/mol. The first-order chi connectivity index (χ1) is 9.59. The van der Waals surface area contributed by atoms with Crippen molar-refractivity contribution in [1.82, 2.24) is 10.6 Å². The number of hydrogen-bond acceptors (Lipinski definition) is 5. The second kappa shape index (κ2) is 6.51. The van der Waals surface area contributed by atoms with Gasteiger partial charge in [-0.3, -0.25) is 9.59 Å². The number of carboxylic acid groups (broad SMARTS) is 1. The van der Waals surface area contributed by atoms with Crippen LogP contribution in [0.3, 0.4) is 0 Å². The minimum Gasteiger partial charge on any atom is -0.481 e. The van der Waals surface area contributed by atoms with Crippen molar-refractivity contribution in [2.75, 3.05) is 40.0 Å². The van der Waals surface area contributed by atoms with E-state index in [2.05, 4.69) is 10.6 Å². The molecule has 2 heterocycles. The summed E-state index contributed by atoms with van der Waals surface area (Å²) in [6, 6.07) is -0.00883. The fraction of sp³-hybridized carbons (Fsp3) is 0.846. The smallest absolute Gasteiger partial charge is 0.311 e. The third-order valence-corrected chi connectivity index (χ3v) is 4.29. The molecule has 0 aromatic carbocycles. The molecule has 2 aliphatic heterocycles. The van der Waals surface area contributed by atoms with Gasteiger partial charge >= 0.3 is 5.97 Å². The van der Waals surface area contributed by atoms with Crippen LogP contribution in [-0.4, -0.2) is 63.0 Å². The number of likely N-dealkylation sites (N-methyl/N-ethyl adjacent to an activating group) is 1. The van der Waals surface area contributed by atoms with E-state index < -0.39 is 11.4 Å². The minimum atomic E-state index is -0.900. The van der Waals surface area contributed by atoms with Crippen molar-refractivity contribution in [3.63, 3.8) is 0 Å².